The first kappa shape index (κ1) is 53.5. The van der Waals surface area contributed by atoms with Crippen LogP contribution in [0.2, 0.25) is 0 Å². The number of para-hydroxylation sites is 6. The van der Waals surface area contributed by atoms with Crippen molar-refractivity contribution in [3.05, 3.63) is 340 Å². The molecule has 0 atom stereocenters. The molecule has 0 aliphatic carbocycles. The normalized spacial score (nSPS) is 11.7. The summed E-state index contributed by atoms with van der Waals surface area (Å²) in [5.74, 6) is 1.68. The lowest BCUT2D eigenvalue weighted by Crippen LogP contribution is -2.03. The molecule has 0 saturated heterocycles. The van der Waals surface area contributed by atoms with E-state index in [2.05, 4.69) is 353 Å². The number of rotatable bonds is 11. The summed E-state index contributed by atoms with van der Waals surface area (Å²) in [6.07, 6.45) is 0. The van der Waals surface area contributed by atoms with Crippen LogP contribution < -0.4 is 0 Å². The van der Waals surface area contributed by atoms with Crippen LogP contribution in [0, 0.1) is 0 Å². The van der Waals surface area contributed by atoms with Gasteiger partial charge in [-0.25, -0.2) is 15.0 Å². The van der Waals surface area contributed by atoms with Crippen molar-refractivity contribution in [2.24, 2.45) is 0 Å². The number of aromatic nitrogens is 6. The van der Waals surface area contributed by atoms with Gasteiger partial charge in [0.2, 0.25) is 0 Å². The topological polar surface area (TPSA) is 53.5 Å². The van der Waals surface area contributed by atoms with Crippen molar-refractivity contribution in [2.75, 3.05) is 0 Å². The summed E-state index contributed by atoms with van der Waals surface area (Å²) in [5.41, 5.74) is 23.6. The molecule has 6 nitrogen and oxygen atoms in total. The molecule has 0 unspecified atom stereocenters. The lowest BCUT2D eigenvalue weighted by molar-refractivity contribution is 1.07. The molecule has 0 aliphatic rings. The fourth-order valence-corrected chi connectivity index (χ4v) is 14.2. The molecule has 4 aromatic heterocycles. The van der Waals surface area contributed by atoms with E-state index < -0.39 is 0 Å². The van der Waals surface area contributed by atoms with E-state index in [1.54, 1.807) is 0 Å². The van der Waals surface area contributed by atoms with Crippen molar-refractivity contribution in [1.82, 2.24) is 28.7 Å². The van der Waals surface area contributed by atoms with Gasteiger partial charge in [-0.2, -0.15) is 0 Å². The Kier molecular flexibility index (Phi) is 12.8. The van der Waals surface area contributed by atoms with Crippen molar-refractivity contribution in [3.8, 4) is 107 Å². The Morgan fingerprint density at radius 1 is 0.161 bits per heavy atom. The highest BCUT2D eigenvalue weighted by atomic mass is 15.0. The molecular formula is C87H56N6. The largest absolute Gasteiger partial charge is 0.309 e. The minimum atomic E-state index is 0.556. The molecule has 0 bridgehead atoms. The van der Waals surface area contributed by atoms with Gasteiger partial charge in [-0.15, -0.1) is 0 Å². The van der Waals surface area contributed by atoms with Gasteiger partial charge < -0.3 is 13.7 Å². The Bertz CT molecular complexity index is 5760. The van der Waals surface area contributed by atoms with Gasteiger partial charge in [0.05, 0.1) is 50.2 Å². The van der Waals surface area contributed by atoms with Crippen molar-refractivity contribution < 1.29 is 0 Å². The Morgan fingerprint density at radius 2 is 0.452 bits per heavy atom. The molecule has 0 amide bonds. The molecule has 4 heterocycles. The molecule has 18 aromatic rings. The molecule has 0 aliphatic heterocycles. The summed E-state index contributed by atoms with van der Waals surface area (Å²) >= 11 is 0. The van der Waals surface area contributed by atoms with Crippen molar-refractivity contribution in [3.63, 3.8) is 0 Å². The first-order valence-corrected chi connectivity index (χ1v) is 31.7. The highest BCUT2D eigenvalue weighted by Crippen LogP contribution is 2.44. The Balaban J connectivity index is 0.861. The van der Waals surface area contributed by atoms with E-state index in [1.165, 1.54) is 32.3 Å². The SMILES string of the molecule is c1ccc(-c2cccc(-c3ccc(-c4nc(-c5ccc(-c6cc(-c7ccccc7)ccc6-n6c7ccccc7c7ccccc76)cc5)nc(-c5ccc(-c6ccccc6)c(-n6c7ccccc7c7ccccc76)c5)n4)cc3-n3c4ccccc4c4ccccc43)c2)cc1. The molecule has 6 heteroatoms. The highest BCUT2D eigenvalue weighted by Gasteiger charge is 2.23. The minimum Gasteiger partial charge on any atom is -0.309 e. The fraction of sp³-hybridized carbons (Fsp3) is 0. The zero-order valence-electron chi connectivity index (χ0n) is 50.5. The molecule has 14 aromatic carbocycles. The lowest BCUT2D eigenvalue weighted by Gasteiger charge is -2.18. The van der Waals surface area contributed by atoms with E-state index >= 15 is 0 Å². The van der Waals surface area contributed by atoms with E-state index in [0.717, 1.165) is 122 Å². The summed E-state index contributed by atoms with van der Waals surface area (Å²) in [4.78, 5) is 16.7. The van der Waals surface area contributed by atoms with Crippen LogP contribution in [-0.4, -0.2) is 28.7 Å². The third-order valence-corrected chi connectivity index (χ3v) is 18.5. The second-order valence-electron chi connectivity index (χ2n) is 23.9. The molecule has 0 spiro atoms. The first-order valence-electron chi connectivity index (χ1n) is 31.7. The first-order chi connectivity index (χ1) is 46.1. The molecule has 0 radical (unpaired) electrons. The van der Waals surface area contributed by atoms with Crippen LogP contribution in [0.25, 0.3) is 172 Å². The number of hydrogen-bond acceptors (Lipinski definition) is 3. The Labute approximate surface area is 537 Å². The fourth-order valence-electron chi connectivity index (χ4n) is 14.2. The zero-order valence-corrected chi connectivity index (χ0v) is 50.5. The van der Waals surface area contributed by atoms with Gasteiger partial charge >= 0.3 is 0 Å². The maximum absolute atomic E-state index is 5.60. The van der Waals surface area contributed by atoms with Crippen LogP contribution in [0.1, 0.15) is 0 Å². The van der Waals surface area contributed by atoms with Gasteiger partial charge in [-0.3, -0.25) is 0 Å². The smallest absolute Gasteiger partial charge is 0.164 e. The second-order valence-corrected chi connectivity index (χ2v) is 23.9. The van der Waals surface area contributed by atoms with Crippen molar-refractivity contribution in [1.29, 1.82) is 0 Å². The van der Waals surface area contributed by atoms with E-state index in [9.17, 15) is 0 Å². The van der Waals surface area contributed by atoms with Gasteiger partial charge in [-0.1, -0.05) is 273 Å². The molecule has 93 heavy (non-hydrogen) atoms. The number of hydrogen-bond donors (Lipinski definition) is 0. The van der Waals surface area contributed by atoms with Crippen molar-refractivity contribution >= 4 is 65.4 Å². The van der Waals surface area contributed by atoms with Gasteiger partial charge in [0.15, 0.2) is 17.5 Å². The van der Waals surface area contributed by atoms with E-state index in [1.807, 2.05) is 0 Å². The summed E-state index contributed by atoms with van der Waals surface area (Å²) in [7, 11) is 0. The maximum Gasteiger partial charge on any atom is 0.164 e. The average molecular weight is 1190 g/mol. The van der Waals surface area contributed by atoms with Crippen molar-refractivity contribution in [2.45, 2.75) is 0 Å². The number of nitrogens with zero attached hydrogens (tertiary/aromatic N) is 6. The van der Waals surface area contributed by atoms with Gasteiger partial charge in [-0.05, 0) is 106 Å². The zero-order chi connectivity index (χ0) is 61.3. The molecule has 434 valence electrons. The third-order valence-electron chi connectivity index (χ3n) is 18.5. The van der Waals surface area contributed by atoms with Crippen LogP contribution in [0.15, 0.2) is 340 Å². The van der Waals surface area contributed by atoms with Crippen LogP contribution >= 0.6 is 0 Å². The molecule has 0 saturated carbocycles. The quantitative estimate of drug-likeness (QED) is 0.130. The predicted octanol–water partition coefficient (Wildman–Crippen LogP) is 22.5. The maximum atomic E-state index is 5.60. The van der Waals surface area contributed by atoms with Crippen LogP contribution in [0.4, 0.5) is 0 Å². The van der Waals surface area contributed by atoms with E-state index in [-0.39, 0.29) is 0 Å². The number of fused-ring (bicyclic) bond motifs is 9. The molecule has 0 fully saturated rings. The van der Waals surface area contributed by atoms with Gasteiger partial charge in [0.1, 0.15) is 0 Å². The standard InChI is InChI=1S/C87H56N6/c1-4-23-57(24-5-1)62-29-22-30-64(53-62)68-51-48-66(56-84(68)93-80-41-20-14-35-73(80)74-36-15-21-42-81(74)93)87-89-85(88-86(90-87)65-47-50-67(59-27-8-3-9-28-59)83(55-65)92-78-39-18-12-33-71(78)72-34-13-19-40-79(72)92)61-45-43-60(44-46-61)75-54-63(58-25-6-2-7-26-58)49-52-82(75)91-76-37-16-10-31-69(76)70-32-11-17-38-77(70)91/h1-56H. The van der Waals surface area contributed by atoms with Crippen LogP contribution in [0.3, 0.4) is 0 Å². The summed E-state index contributed by atoms with van der Waals surface area (Å²) in [5, 5.41) is 7.18. The summed E-state index contributed by atoms with van der Waals surface area (Å²) in [6, 6.07) is 122. The predicted molar refractivity (Wildman–Crippen MR) is 386 cm³/mol. The molecule has 0 N–H and O–H groups in total. The third kappa shape index (κ3) is 9.14. The van der Waals surface area contributed by atoms with Crippen LogP contribution in [-0.2, 0) is 0 Å². The summed E-state index contributed by atoms with van der Waals surface area (Å²) < 4.78 is 7.24. The highest BCUT2D eigenvalue weighted by molar-refractivity contribution is 6.12. The monoisotopic (exact) mass is 1180 g/mol. The Morgan fingerprint density at radius 3 is 0.882 bits per heavy atom. The van der Waals surface area contributed by atoms with Gasteiger partial charge in [0.25, 0.3) is 0 Å². The molecule has 18 rings (SSSR count). The minimum absolute atomic E-state index is 0.556. The number of benzene rings is 14. The van der Waals surface area contributed by atoms with E-state index in [4.69, 9.17) is 15.0 Å². The van der Waals surface area contributed by atoms with Crippen LogP contribution in [0.5, 0.6) is 0 Å². The second kappa shape index (κ2) is 22.2. The molecular weight excluding hydrogens is 1130 g/mol. The average Bonchev–Trinajstić information content (AvgIpc) is 1.67. The Hall–Kier alpha value is -12.5. The van der Waals surface area contributed by atoms with Gasteiger partial charge in [0, 0.05) is 65.7 Å². The lowest BCUT2D eigenvalue weighted by atomic mass is 9.96. The summed E-state index contributed by atoms with van der Waals surface area (Å²) in [6.45, 7) is 0. The van der Waals surface area contributed by atoms with E-state index in [0.29, 0.717) is 17.5 Å².